The molecule has 0 radical (unpaired) electrons. The Balaban J connectivity index is 1.45. The molecule has 30 heavy (non-hydrogen) atoms. The van der Waals surface area contributed by atoms with Crippen molar-refractivity contribution in [3.63, 3.8) is 0 Å². The van der Waals surface area contributed by atoms with Crippen molar-refractivity contribution in [3.8, 4) is 0 Å². The first kappa shape index (κ1) is 22.1. The van der Waals surface area contributed by atoms with E-state index in [4.69, 9.17) is 4.74 Å². The summed E-state index contributed by atoms with van der Waals surface area (Å²) in [5.74, 6) is 0.187. The first-order valence-corrected chi connectivity index (χ1v) is 10.8. The Morgan fingerprint density at radius 3 is 2.27 bits per heavy atom. The van der Waals surface area contributed by atoms with E-state index < -0.39 is 5.60 Å². The summed E-state index contributed by atoms with van der Waals surface area (Å²) in [6.07, 6.45) is 3.82. The van der Waals surface area contributed by atoms with Gasteiger partial charge in [0.2, 0.25) is 0 Å². The summed E-state index contributed by atoms with van der Waals surface area (Å²) < 4.78 is 5.42. The van der Waals surface area contributed by atoms with Crippen molar-refractivity contribution in [2.24, 2.45) is 5.92 Å². The van der Waals surface area contributed by atoms with Crippen LogP contribution in [0.4, 0.5) is 4.79 Å². The average Bonchev–Trinajstić information content (AvgIpc) is 2.69. The minimum Gasteiger partial charge on any atom is -0.444 e. The summed E-state index contributed by atoms with van der Waals surface area (Å²) in [5.41, 5.74) is 0.844. The van der Waals surface area contributed by atoms with E-state index in [0.29, 0.717) is 38.4 Å². The van der Waals surface area contributed by atoms with Crippen LogP contribution in [0.5, 0.6) is 0 Å². The van der Waals surface area contributed by atoms with Crippen LogP contribution in [0.2, 0.25) is 0 Å². The molecule has 1 amide bonds. The fourth-order valence-electron chi connectivity index (χ4n) is 3.99. The van der Waals surface area contributed by atoms with E-state index in [1.807, 2.05) is 51.1 Å². The molecule has 0 spiro atoms. The Bertz CT molecular complexity index is 782. The second-order valence-corrected chi connectivity index (χ2v) is 9.24. The highest BCUT2D eigenvalue weighted by atomic mass is 16.6. The third kappa shape index (κ3) is 5.94. The Kier molecular flexibility index (Phi) is 6.95. The zero-order valence-electron chi connectivity index (χ0n) is 18.1. The number of allylic oxidation sites excluding steroid dienone is 1. The molecular weight excluding hydrogens is 380 g/mol. The lowest BCUT2D eigenvalue weighted by molar-refractivity contribution is -0.124. The highest BCUT2D eigenvalue weighted by Gasteiger charge is 2.31. The average molecular weight is 413 g/mol. The smallest absolute Gasteiger partial charge is 0.410 e. The fraction of sp³-hybridized carbons (Fsp3) is 0.542. The maximum absolute atomic E-state index is 12.5. The lowest BCUT2D eigenvalue weighted by Crippen LogP contribution is -2.43. The predicted octanol–water partition coefficient (Wildman–Crippen LogP) is 3.82. The maximum atomic E-state index is 12.5. The van der Waals surface area contributed by atoms with Gasteiger partial charge in [-0.25, -0.2) is 4.79 Å². The summed E-state index contributed by atoms with van der Waals surface area (Å²) in [7, 11) is 0. The molecule has 1 aliphatic carbocycles. The quantitative estimate of drug-likeness (QED) is 0.601. The van der Waals surface area contributed by atoms with Crippen LogP contribution in [-0.2, 0) is 14.3 Å². The van der Waals surface area contributed by atoms with E-state index in [2.05, 4.69) is 5.32 Å². The number of benzene rings is 1. The molecule has 1 saturated heterocycles. The van der Waals surface area contributed by atoms with E-state index in [1.54, 1.807) is 11.1 Å². The van der Waals surface area contributed by atoms with Gasteiger partial charge >= 0.3 is 6.09 Å². The topological polar surface area (TPSA) is 75.7 Å². The van der Waals surface area contributed by atoms with Gasteiger partial charge in [0.25, 0.3) is 0 Å². The largest absolute Gasteiger partial charge is 0.444 e. The number of likely N-dealkylation sites (tertiary alicyclic amines) is 1. The molecule has 0 bridgehead atoms. The Morgan fingerprint density at radius 1 is 1.10 bits per heavy atom. The summed E-state index contributed by atoms with van der Waals surface area (Å²) in [6, 6.07) is 9.75. The molecule has 162 valence electrons. The van der Waals surface area contributed by atoms with E-state index in [1.165, 1.54) is 0 Å². The van der Waals surface area contributed by atoms with Gasteiger partial charge in [0, 0.05) is 38.7 Å². The summed E-state index contributed by atoms with van der Waals surface area (Å²) in [5, 5.41) is 3.18. The number of hydrogen-bond donors (Lipinski definition) is 1. The third-order valence-electron chi connectivity index (χ3n) is 5.65. The molecule has 3 rings (SSSR count). The number of amides is 1. The number of hydrogen-bond acceptors (Lipinski definition) is 5. The summed E-state index contributed by atoms with van der Waals surface area (Å²) >= 11 is 0. The van der Waals surface area contributed by atoms with Gasteiger partial charge in [-0.2, -0.15) is 0 Å². The van der Waals surface area contributed by atoms with Gasteiger partial charge < -0.3 is 15.0 Å². The van der Waals surface area contributed by atoms with Gasteiger partial charge in [-0.1, -0.05) is 30.3 Å². The van der Waals surface area contributed by atoms with Crippen LogP contribution in [0.3, 0.4) is 0 Å². The van der Waals surface area contributed by atoms with Crippen molar-refractivity contribution in [2.45, 2.75) is 58.0 Å². The Labute approximate surface area is 178 Å². The van der Waals surface area contributed by atoms with Crippen LogP contribution in [0.15, 0.2) is 42.1 Å². The van der Waals surface area contributed by atoms with E-state index >= 15 is 0 Å². The minimum absolute atomic E-state index is 0.0273. The molecule has 1 heterocycles. The fourth-order valence-corrected chi connectivity index (χ4v) is 3.99. The van der Waals surface area contributed by atoms with Crippen LogP contribution in [0.25, 0.3) is 0 Å². The van der Waals surface area contributed by atoms with E-state index in [-0.39, 0.29) is 29.2 Å². The van der Waals surface area contributed by atoms with Crippen LogP contribution in [0, 0.1) is 5.92 Å². The van der Waals surface area contributed by atoms with E-state index in [0.717, 1.165) is 18.4 Å². The maximum Gasteiger partial charge on any atom is 0.410 e. The van der Waals surface area contributed by atoms with Crippen molar-refractivity contribution in [2.75, 3.05) is 19.6 Å². The zero-order valence-corrected chi connectivity index (χ0v) is 18.1. The SMILES string of the molecule is CC(C)(C)OC(=O)N1CCC(CNC=C2C(=O)CC(c3ccccc3)CC2=O)CC1. The lowest BCUT2D eigenvalue weighted by Gasteiger charge is -2.33. The van der Waals surface area contributed by atoms with Crippen molar-refractivity contribution in [1.82, 2.24) is 10.2 Å². The van der Waals surface area contributed by atoms with Crippen LogP contribution in [-0.4, -0.2) is 47.8 Å². The van der Waals surface area contributed by atoms with Crippen molar-refractivity contribution in [1.29, 1.82) is 0 Å². The molecule has 0 aromatic heterocycles. The van der Waals surface area contributed by atoms with Gasteiger partial charge in [-0.15, -0.1) is 0 Å². The summed E-state index contributed by atoms with van der Waals surface area (Å²) in [4.78, 5) is 38.9. The molecule has 2 aliphatic rings. The minimum atomic E-state index is -0.486. The van der Waals surface area contributed by atoms with Gasteiger partial charge in [0.05, 0.1) is 5.57 Å². The molecule has 2 fully saturated rings. The molecule has 0 atom stereocenters. The first-order chi connectivity index (χ1) is 14.2. The second-order valence-electron chi connectivity index (χ2n) is 9.24. The lowest BCUT2D eigenvalue weighted by atomic mass is 9.80. The molecule has 1 aromatic carbocycles. The molecule has 0 unspecified atom stereocenters. The number of Topliss-reactive ketones (excluding diaryl/α,β-unsaturated/α-hetero) is 2. The van der Waals surface area contributed by atoms with Gasteiger partial charge in [-0.05, 0) is 51.0 Å². The molecule has 1 aliphatic heterocycles. The molecule has 1 saturated carbocycles. The predicted molar refractivity (Wildman–Crippen MR) is 115 cm³/mol. The number of ether oxygens (including phenoxy) is 1. The highest BCUT2D eigenvalue weighted by Crippen LogP contribution is 2.31. The van der Waals surface area contributed by atoms with Crippen molar-refractivity contribution < 1.29 is 19.1 Å². The monoisotopic (exact) mass is 412 g/mol. The number of piperidine rings is 1. The molecule has 1 N–H and O–H groups in total. The molecular formula is C24H32N2O4. The van der Waals surface area contributed by atoms with Crippen molar-refractivity contribution in [3.05, 3.63) is 47.7 Å². The standard InChI is InChI=1S/C24H32N2O4/c1-24(2,3)30-23(29)26-11-9-17(10-12-26)15-25-16-20-21(27)13-19(14-22(20)28)18-7-5-4-6-8-18/h4-8,16-17,19,25H,9-15H2,1-3H3. The van der Waals surface area contributed by atoms with Crippen LogP contribution >= 0.6 is 0 Å². The Morgan fingerprint density at radius 2 is 1.70 bits per heavy atom. The second kappa shape index (κ2) is 9.45. The highest BCUT2D eigenvalue weighted by molar-refractivity contribution is 6.22. The van der Waals surface area contributed by atoms with Crippen LogP contribution in [0.1, 0.15) is 57.9 Å². The number of ketones is 2. The number of nitrogens with zero attached hydrogens (tertiary/aromatic N) is 1. The Hall–Kier alpha value is -2.63. The number of nitrogens with one attached hydrogen (secondary N) is 1. The van der Waals surface area contributed by atoms with Crippen LogP contribution < -0.4 is 5.32 Å². The van der Waals surface area contributed by atoms with Gasteiger partial charge in [-0.3, -0.25) is 9.59 Å². The zero-order chi connectivity index (χ0) is 21.7. The van der Waals surface area contributed by atoms with Gasteiger partial charge in [0.15, 0.2) is 11.6 Å². The molecule has 6 nitrogen and oxygen atoms in total. The van der Waals surface area contributed by atoms with Crippen molar-refractivity contribution >= 4 is 17.7 Å². The number of carbonyl (C=O) groups is 3. The summed E-state index contributed by atoms with van der Waals surface area (Å²) in [6.45, 7) is 7.61. The third-order valence-corrected chi connectivity index (χ3v) is 5.65. The molecule has 6 heteroatoms. The molecule has 1 aromatic rings. The normalized spacial score (nSPS) is 20.8. The van der Waals surface area contributed by atoms with E-state index in [9.17, 15) is 14.4 Å². The number of carbonyl (C=O) groups excluding carboxylic acids is 3. The number of rotatable bonds is 4. The first-order valence-electron chi connectivity index (χ1n) is 10.8. The van der Waals surface area contributed by atoms with Gasteiger partial charge in [0.1, 0.15) is 5.60 Å².